The van der Waals surface area contributed by atoms with Crippen molar-refractivity contribution in [2.75, 3.05) is 20.3 Å². The van der Waals surface area contributed by atoms with Crippen LogP contribution in [0.3, 0.4) is 0 Å². The van der Waals surface area contributed by atoms with Gasteiger partial charge in [-0.1, -0.05) is 17.7 Å². The third kappa shape index (κ3) is 6.81. The van der Waals surface area contributed by atoms with Crippen molar-refractivity contribution in [2.24, 2.45) is 0 Å². The van der Waals surface area contributed by atoms with Gasteiger partial charge in [0.25, 0.3) is 11.8 Å². The van der Waals surface area contributed by atoms with Gasteiger partial charge in [-0.05, 0) is 44.5 Å². The van der Waals surface area contributed by atoms with Crippen LogP contribution in [0.25, 0.3) is 0 Å². The fourth-order valence-corrected chi connectivity index (χ4v) is 2.69. The van der Waals surface area contributed by atoms with Gasteiger partial charge in [-0.2, -0.15) is 0 Å². The van der Waals surface area contributed by atoms with Gasteiger partial charge in [0.15, 0.2) is 18.1 Å². The first-order chi connectivity index (χ1) is 14.3. The number of nitrogens with zero attached hydrogens (tertiary/aromatic N) is 1. The number of halogens is 1. The molecule has 1 aromatic heterocycles. The zero-order valence-corrected chi connectivity index (χ0v) is 18.2. The van der Waals surface area contributed by atoms with Gasteiger partial charge >= 0.3 is 0 Å². The smallest absolute Gasteiger partial charge is 0.257 e. The van der Waals surface area contributed by atoms with E-state index in [9.17, 15) is 9.59 Å². The van der Waals surface area contributed by atoms with Crippen molar-refractivity contribution < 1.29 is 23.8 Å². The number of likely N-dealkylation sites (N-methyl/N-ethyl adjacent to an activating group) is 1. The van der Waals surface area contributed by atoms with Crippen LogP contribution in [0.4, 0.5) is 0 Å². The van der Waals surface area contributed by atoms with Crippen LogP contribution >= 0.6 is 11.6 Å². The van der Waals surface area contributed by atoms with Gasteiger partial charge in [0.2, 0.25) is 5.88 Å². The summed E-state index contributed by atoms with van der Waals surface area (Å²) in [6.45, 7) is 6.25. The van der Waals surface area contributed by atoms with E-state index in [0.29, 0.717) is 23.6 Å². The van der Waals surface area contributed by atoms with Crippen LogP contribution in [0.1, 0.15) is 36.7 Å². The van der Waals surface area contributed by atoms with Crippen molar-refractivity contribution in [2.45, 2.75) is 33.4 Å². The first kappa shape index (κ1) is 23.3. The predicted octanol–water partition coefficient (Wildman–Crippen LogP) is 2.98. The molecule has 0 saturated carbocycles. The highest BCUT2D eigenvalue weighted by Gasteiger charge is 2.13. The number of hydrogen-bond donors (Lipinski definition) is 2. The molecule has 0 atom stereocenters. The Labute approximate surface area is 180 Å². The number of benzene rings is 1. The first-order valence-corrected chi connectivity index (χ1v) is 9.88. The molecule has 2 rings (SSSR count). The van der Waals surface area contributed by atoms with Gasteiger partial charge < -0.3 is 24.8 Å². The zero-order valence-electron chi connectivity index (χ0n) is 17.5. The predicted molar refractivity (Wildman–Crippen MR) is 113 cm³/mol. The summed E-state index contributed by atoms with van der Waals surface area (Å²) in [5.41, 5.74) is 1.12. The van der Waals surface area contributed by atoms with Gasteiger partial charge in [0.1, 0.15) is 5.02 Å². The number of methoxy groups -OCH3 is 1. The number of hydrogen-bond acceptors (Lipinski definition) is 6. The van der Waals surface area contributed by atoms with Crippen LogP contribution in [0.2, 0.25) is 5.02 Å². The van der Waals surface area contributed by atoms with Crippen LogP contribution < -0.4 is 24.8 Å². The van der Waals surface area contributed by atoms with E-state index in [0.717, 1.165) is 5.56 Å². The van der Waals surface area contributed by atoms with Gasteiger partial charge in [0.05, 0.1) is 18.8 Å². The van der Waals surface area contributed by atoms with Crippen molar-refractivity contribution in [3.8, 4) is 17.4 Å². The highest BCUT2D eigenvalue weighted by Crippen LogP contribution is 2.28. The molecule has 0 bridgehead atoms. The number of nitrogens with one attached hydrogen (secondary N) is 2. The van der Waals surface area contributed by atoms with E-state index in [1.54, 1.807) is 18.2 Å². The Bertz CT molecular complexity index is 889. The normalized spacial score (nSPS) is 10.5. The summed E-state index contributed by atoms with van der Waals surface area (Å²) in [5, 5.41) is 5.73. The van der Waals surface area contributed by atoms with Crippen molar-refractivity contribution in [1.82, 2.24) is 15.6 Å². The first-order valence-electron chi connectivity index (χ1n) is 9.50. The molecule has 0 saturated heterocycles. The molecular weight excluding hydrogens is 410 g/mol. The SMILES string of the molecule is CCNC(=O)COc1ccc(CNC(=O)c2cnc(OC(C)C)c(Cl)c2)cc1OC. The molecule has 0 fully saturated rings. The second-order valence-electron chi connectivity index (χ2n) is 6.59. The monoisotopic (exact) mass is 435 g/mol. The maximum atomic E-state index is 12.4. The average molecular weight is 436 g/mol. The topological polar surface area (TPSA) is 98.8 Å². The molecule has 0 aliphatic heterocycles. The zero-order chi connectivity index (χ0) is 22.1. The lowest BCUT2D eigenvalue weighted by atomic mass is 10.2. The Morgan fingerprint density at radius 2 is 1.93 bits per heavy atom. The third-order valence-electron chi connectivity index (χ3n) is 3.83. The molecule has 0 aliphatic carbocycles. The average Bonchev–Trinajstić information content (AvgIpc) is 2.72. The number of rotatable bonds is 10. The Balaban J connectivity index is 1.98. The molecule has 1 aromatic carbocycles. The summed E-state index contributed by atoms with van der Waals surface area (Å²) >= 11 is 6.14. The van der Waals surface area contributed by atoms with Crippen LogP contribution in [0, 0.1) is 0 Å². The van der Waals surface area contributed by atoms with Crippen molar-refractivity contribution in [3.05, 3.63) is 46.6 Å². The van der Waals surface area contributed by atoms with Gasteiger partial charge in [-0.15, -0.1) is 0 Å². The summed E-state index contributed by atoms with van der Waals surface area (Å²) < 4.78 is 16.3. The molecule has 30 heavy (non-hydrogen) atoms. The standard InChI is InChI=1S/C21H26ClN3O5/c1-5-23-19(26)12-29-17-7-6-14(8-18(17)28-4)10-24-20(27)15-9-16(22)21(25-11-15)30-13(2)3/h6-9,11,13H,5,10,12H2,1-4H3,(H,23,26)(H,24,27). The highest BCUT2D eigenvalue weighted by molar-refractivity contribution is 6.32. The van der Waals surface area contributed by atoms with Gasteiger partial charge in [-0.25, -0.2) is 4.98 Å². The summed E-state index contributed by atoms with van der Waals surface area (Å²) in [5.74, 6) is 0.654. The Hall–Kier alpha value is -3.00. The number of ether oxygens (including phenoxy) is 3. The van der Waals surface area contributed by atoms with E-state index in [1.807, 2.05) is 20.8 Å². The van der Waals surface area contributed by atoms with E-state index in [-0.39, 0.29) is 42.0 Å². The Kier molecular flexibility index (Phi) is 8.73. The molecule has 2 amide bonds. The molecular formula is C21H26ClN3O5. The summed E-state index contributed by atoms with van der Waals surface area (Å²) in [6, 6.07) is 6.72. The lowest BCUT2D eigenvalue weighted by Gasteiger charge is -2.13. The molecule has 2 N–H and O–H groups in total. The van der Waals surface area contributed by atoms with E-state index < -0.39 is 0 Å². The number of carbonyl (C=O) groups excluding carboxylic acids is 2. The molecule has 162 valence electrons. The van der Waals surface area contributed by atoms with Crippen molar-refractivity contribution in [3.63, 3.8) is 0 Å². The Morgan fingerprint density at radius 1 is 1.17 bits per heavy atom. The maximum absolute atomic E-state index is 12.4. The largest absolute Gasteiger partial charge is 0.493 e. The second kappa shape index (κ2) is 11.3. The molecule has 0 unspecified atom stereocenters. The van der Waals surface area contributed by atoms with E-state index in [4.69, 9.17) is 25.8 Å². The number of carbonyl (C=O) groups is 2. The van der Waals surface area contributed by atoms with Crippen LogP contribution in [0.5, 0.6) is 17.4 Å². The molecule has 9 heteroatoms. The summed E-state index contributed by atoms with van der Waals surface area (Å²) in [4.78, 5) is 28.1. The minimum Gasteiger partial charge on any atom is -0.493 e. The molecule has 1 heterocycles. The lowest BCUT2D eigenvalue weighted by Crippen LogP contribution is -2.28. The molecule has 8 nitrogen and oxygen atoms in total. The van der Waals surface area contributed by atoms with E-state index in [1.165, 1.54) is 19.4 Å². The fourth-order valence-electron chi connectivity index (χ4n) is 2.48. The highest BCUT2D eigenvalue weighted by atomic mass is 35.5. The molecule has 2 aromatic rings. The molecule has 0 aliphatic rings. The van der Waals surface area contributed by atoms with Crippen LogP contribution in [0.15, 0.2) is 30.5 Å². The van der Waals surface area contributed by atoms with Crippen molar-refractivity contribution in [1.29, 1.82) is 0 Å². The van der Waals surface area contributed by atoms with Crippen molar-refractivity contribution >= 4 is 23.4 Å². The maximum Gasteiger partial charge on any atom is 0.257 e. The van der Waals surface area contributed by atoms with E-state index in [2.05, 4.69) is 15.6 Å². The van der Waals surface area contributed by atoms with Gasteiger partial charge in [0, 0.05) is 19.3 Å². The molecule has 0 radical (unpaired) electrons. The lowest BCUT2D eigenvalue weighted by molar-refractivity contribution is -0.123. The number of pyridine rings is 1. The minimum atomic E-state index is -0.323. The fraction of sp³-hybridized carbons (Fsp3) is 0.381. The molecule has 0 spiro atoms. The number of aromatic nitrogens is 1. The summed E-state index contributed by atoms with van der Waals surface area (Å²) in [6.07, 6.45) is 1.34. The van der Waals surface area contributed by atoms with Gasteiger partial charge in [-0.3, -0.25) is 9.59 Å². The summed E-state index contributed by atoms with van der Waals surface area (Å²) in [7, 11) is 1.51. The van der Waals surface area contributed by atoms with Crippen LogP contribution in [-0.4, -0.2) is 43.2 Å². The quantitative estimate of drug-likeness (QED) is 0.595. The third-order valence-corrected chi connectivity index (χ3v) is 4.10. The minimum absolute atomic E-state index is 0.0716. The van der Waals surface area contributed by atoms with E-state index >= 15 is 0 Å². The number of amides is 2. The van der Waals surface area contributed by atoms with Crippen LogP contribution in [-0.2, 0) is 11.3 Å². The second-order valence-corrected chi connectivity index (χ2v) is 6.99. The Morgan fingerprint density at radius 3 is 2.57 bits per heavy atom.